The van der Waals surface area contributed by atoms with Crippen molar-refractivity contribution in [3.05, 3.63) is 46.4 Å². The highest BCUT2D eigenvalue weighted by Crippen LogP contribution is 2.31. The highest BCUT2D eigenvalue weighted by atomic mass is 35.5. The van der Waals surface area contributed by atoms with Crippen LogP contribution >= 0.6 is 11.6 Å². The van der Waals surface area contributed by atoms with Crippen LogP contribution in [0.15, 0.2) is 28.7 Å². The van der Waals surface area contributed by atoms with Crippen molar-refractivity contribution in [2.24, 2.45) is 0 Å². The summed E-state index contributed by atoms with van der Waals surface area (Å²) in [6.07, 6.45) is 0. The van der Waals surface area contributed by atoms with Crippen molar-refractivity contribution in [2.75, 3.05) is 0 Å². The zero-order chi connectivity index (χ0) is 14.0. The maximum Gasteiger partial charge on any atom is 0.135 e. The first kappa shape index (κ1) is 14.1. The number of benzene rings is 1. The van der Waals surface area contributed by atoms with Gasteiger partial charge in [0.2, 0.25) is 0 Å². The summed E-state index contributed by atoms with van der Waals surface area (Å²) in [5.41, 5.74) is 1.27. The van der Waals surface area contributed by atoms with Crippen LogP contribution in [0, 0.1) is 12.7 Å². The fraction of sp³-hybridized carbons (Fsp3) is 0.333. The third-order valence-electron chi connectivity index (χ3n) is 2.86. The van der Waals surface area contributed by atoms with Crippen molar-refractivity contribution in [3.63, 3.8) is 0 Å². The molecule has 4 heteroatoms. The van der Waals surface area contributed by atoms with Gasteiger partial charge in [0.05, 0.1) is 11.6 Å². The lowest BCUT2D eigenvalue weighted by atomic mass is 10.1. The van der Waals surface area contributed by atoms with Crippen LogP contribution in [0.4, 0.5) is 4.39 Å². The van der Waals surface area contributed by atoms with Crippen molar-refractivity contribution in [1.29, 1.82) is 0 Å². The Morgan fingerprint density at radius 2 is 2.05 bits per heavy atom. The molecule has 1 heterocycles. The molecule has 1 aromatic carbocycles. The van der Waals surface area contributed by atoms with E-state index in [2.05, 4.69) is 19.2 Å². The van der Waals surface area contributed by atoms with Gasteiger partial charge < -0.3 is 9.73 Å². The summed E-state index contributed by atoms with van der Waals surface area (Å²) in [7, 11) is 0. The van der Waals surface area contributed by atoms with Gasteiger partial charge in [0.25, 0.3) is 0 Å². The molecular formula is C15H17ClFNO. The minimum atomic E-state index is -0.304. The average molecular weight is 282 g/mol. The molecule has 2 nitrogen and oxygen atoms in total. The molecule has 0 atom stereocenters. The van der Waals surface area contributed by atoms with E-state index in [1.807, 2.05) is 12.1 Å². The highest BCUT2D eigenvalue weighted by molar-refractivity contribution is 6.33. The Hall–Kier alpha value is -1.32. The summed E-state index contributed by atoms with van der Waals surface area (Å²) in [5, 5.41) is 3.64. The molecule has 2 aromatic rings. The fourth-order valence-electron chi connectivity index (χ4n) is 1.77. The largest absolute Gasteiger partial charge is 0.460 e. The molecule has 0 radical (unpaired) electrons. The Morgan fingerprint density at radius 3 is 2.74 bits per heavy atom. The minimum Gasteiger partial charge on any atom is -0.460 e. The molecule has 2 rings (SSSR count). The van der Waals surface area contributed by atoms with Crippen LogP contribution in [-0.4, -0.2) is 6.04 Å². The molecule has 0 unspecified atom stereocenters. The first-order valence-electron chi connectivity index (χ1n) is 6.25. The number of aryl methyl sites for hydroxylation is 1. The molecule has 0 spiro atoms. The predicted octanol–water partition coefficient (Wildman–Crippen LogP) is 4.55. The molecule has 0 bridgehead atoms. The molecule has 0 saturated heterocycles. The number of rotatable bonds is 4. The number of hydrogen-bond acceptors (Lipinski definition) is 2. The highest BCUT2D eigenvalue weighted by Gasteiger charge is 2.11. The van der Waals surface area contributed by atoms with Crippen molar-refractivity contribution in [3.8, 4) is 11.3 Å². The second-order valence-corrected chi connectivity index (χ2v) is 5.29. The van der Waals surface area contributed by atoms with Crippen LogP contribution < -0.4 is 5.32 Å². The van der Waals surface area contributed by atoms with Gasteiger partial charge in [-0.1, -0.05) is 25.4 Å². The lowest BCUT2D eigenvalue weighted by molar-refractivity contribution is 0.473. The van der Waals surface area contributed by atoms with Crippen LogP contribution in [0.25, 0.3) is 11.3 Å². The summed E-state index contributed by atoms with van der Waals surface area (Å²) in [4.78, 5) is 0. The van der Waals surface area contributed by atoms with E-state index >= 15 is 0 Å². The smallest absolute Gasteiger partial charge is 0.135 e. The van der Waals surface area contributed by atoms with Crippen LogP contribution in [-0.2, 0) is 6.54 Å². The molecule has 1 N–H and O–H groups in total. The molecule has 19 heavy (non-hydrogen) atoms. The summed E-state index contributed by atoms with van der Waals surface area (Å²) in [6, 6.07) is 7.18. The maximum atomic E-state index is 13.4. The van der Waals surface area contributed by atoms with Gasteiger partial charge in [-0.25, -0.2) is 4.39 Å². The van der Waals surface area contributed by atoms with E-state index in [9.17, 15) is 4.39 Å². The third-order valence-corrected chi connectivity index (χ3v) is 3.17. The molecule has 0 aliphatic carbocycles. The predicted molar refractivity (Wildman–Crippen MR) is 75.8 cm³/mol. The van der Waals surface area contributed by atoms with E-state index < -0.39 is 0 Å². The van der Waals surface area contributed by atoms with E-state index in [0.717, 1.165) is 11.3 Å². The van der Waals surface area contributed by atoms with Crippen molar-refractivity contribution in [1.82, 2.24) is 5.32 Å². The molecule has 0 saturated carbocycles. The SMILES string of the molecule is Cc1cc(-c2ccc(CNC(C)C)o2)c(Cl)cc1F. The minimum absolute atomic E-state index is 0.304. The summed E-state index contributed by atoms with van der Waals surface area (Å²) < 4.78 is 19.1. The first-order chi connectivity index (χ1) is 8.97. The molecule has 0 aliphatic rings. The standard InChI is InChI=1S/C15H17ClFNO/c1-9(2)18-8-11-4-5-15(19-11)12-6-10(3)14(17)7-13(12)16/h4-7,9,18H,8H2,1-3H3. The van der Waals surface area contributed by atoms with Gasteiger partial charge in [-0.3, -0.25) is 0 Å². The maximum absolute atomic E-state index is 13.4. The van der Waals surface area contributed by atoms with Crippen LogP contribution in [0.5, 0.6) is 0 Å². The van der Waals surface area contributed by atoms with E-state index in [4.69, 9.17) is 16.0 Å². The van der Waals surface area contributed by atoms with Crippen LogP contribution in [0.1, 0.15) is 25.2 Å². The van der Waals surface area contributed by atoms with Crippen molar-refractivity contribution >= 4 is 11.6 Å². The lowest BCUT2D eigenvalue weighted by Gasteiger charge is -2.06. The molecule has 0 fully saturated rings. The number of nitrogens with one attached hydrogen (secondary N) is 1. The number of furan rings is 1. The topological polar surface area (TPSA) is 25.2 Å². The van der Waals surface area contributed by atoms with Crippen molar-refractivity contribution in [2.45, 2.75) is 33.4 Å². The van der Waals surface area contributed by atoms with Gasteiger partial charge in [0, 0.05) is 11.6 Å². The third kappa shape index (κ3) is 3.37. The molecule has 0 aliphatic heterocycles. The summed E-state index contributed by atoms with van der Waals surface area (Å²) >= 11 is 6.06. The quantitative estimate of drug-likeness (QED) is 0.890. The first-order valence-corrected chi connectivity index (χ1v) is 6.63. The van der Waals surface area contributed by atoms with Gasteiger partial charge in [-0.2, -0.15) is 0 Å². The van der Waals surface area contributed by atoms with E-state index in [1.54, 1.807) is 13.0 Å². The number of hydrogen-bond donors (Lipinski definition) is 1. The zero-order valence-electron chi connectivity index (χ0n) is 11.3. The van der Waals surface area contributed by atoms with E-state index in [-0.39, 0.29) is 5.82 Å². The van der Waals surface area contributed by atoms with Crippen LogP contribution in [0.3, 0.4) is 0 Å². The van der Waals surface area contributed by atoms with Gasteiger partial charge in [0.15, 0.2) is 0 Å². The second-order valence-electron chi connectivity index (χ2n) is 4.88. The summed E-state index contributed by atoms with van der Waals surface area (Å²) in [5.74, 6) is 1.19. The Bertz CT molecular complexity index is 578. The van der Waals surface area contributed by atoms with E-state index in [0.29, 0.717) is 28.9 Å². The lowest BCUT2D eigenvalue weighted by Crippen LogP contribution is -2.21. The van der Waals surface area contributed by atoms with E-state index in [1.165, 1.54) is 6.07 Å². The monoisotopic (exact) mass is 281 g/mol. The molecular weight excluding hydrogens is 265 g/mol. The van der Waals surface area contributed by atoms with Crippen molar-refractivity contribution < 1.29 is 8.81 Å². The Morgan fingerprint density at radius 1 is 1.32 bits per heavy atom. The second kappa shape index (κ2) is 5.76. The Kier molecular flexibility index (Phi) is 4.27. The Balaban J connectivity index is 2.25. The molecule has 102 valence electrons. The normalized spacial score (nSPS) is 11.3. The average Bonchev–Trinajstić information content (AvgIpc) is 2.80. The molecule has 1 aromatic heterocycles. The van der Waals surface area contributed by atoms with Gasteiger partial charge in [-0.05, 0) is 36.8 Å². The summed E-state index contributed by atoms with van der Waals surface area (Å²) in [6.45, 7) is 6.52. The molecule has 0 amide bonds. The van der Waals surface area contributed by atoms with Gasteiger partial charge in [0.1, 0.15) is 17.3 Å². The Labute approximate surface area is 117 Å². The van der Waals surface area contributed by atoms with Gasteiger partial charge >= 0.3 is 0 Å². The van der Waals surface area contributed by atoms with Gasteiger partial charge in [-0.15, -0.1) is 0 Å². The number of halogens is 2. The van der Waals surface area contributed by atoms with Crippen LogP contribution in [0.2, 0.25) is 5.02 Å². The fourth-order valence-corrected chi connectivity index (χ4v) is 2.01. The zero-order valence-corrected chi connectivity index (χ0v) is 12.0.